The first-order chi connectivity index (χ1) is 17.6. The highest BCUT2D eigenvalue weighted by atomic mass is 32.1. The standard InChI is InChI=1S/C30H31N3O3S/c1-16(2)20-9-11-21(12-10-20)27-26(29(35)36-7)18(4)31-30-33(27)28(34)25(37-30)15-22-19(5)32(6)24-13-8-17(3)14-23(22)24/h8-16,27H,1-7H3/b25-15-/t27-/m1/s1. The van der Waals surface area contributed by atoms with Gasteiger partial charge in [0.05, 0.1) is 29.0 Å². The summed E-state index contributed by atoms with van der Waals surface area (Å²) in [5, 5.41) is 1.11. The van der Waals surface area contributed by atoms with Gasteiger partial charge in [0.25, 0.3) is 5.56 Å². The van der Waals surface area contributed by atoms with Crippen molar-refractivity contribution in [1.82, 2.24) is 9.13 Å². The van der Waals surface area contributed by atoms with Crippen molar-refractivity contribution in [2.75, 3.05) is 7.11 Å². The van der Waals surface area contributed by atoms with Gasteiger partial charge in [-0.15, -0.1) is 0 Å². The van der Waals surface area contributed by atoms with Crippen LogP contribution in [0.4, 0.5) is 0 Å². The molecule has 0 spiro atoms. The third-order valence-electron chi connectivity index (χ3n) is 7.32. The Morgan fingerprint density at radius 3 is 2.46 bits per heavy atom. The number of aryl methyl sites for hydroxylation is 2. The molecule has 2 aromatic carbocycles. The lowest BCUT2D eigenvalue weighted by atomic mass is 9.93. The summed E-state index contributed by atoms with van der Waals surface area (Å²) in [6.45, 7) is 10.2. The van der Waals surface area contributed by atoms with Gasteiger partial charge < -0.3 is 9.30 Å². The number of ether oxygens (including phenoxy) is 1. The number of allylic oxidation sites excluding steroid dienone is 1. The van der Waals surface area contributed by atoms with E-state index >= 15 is 0 Å². The summed E-state index contributed by atoms with van der Waals surface area (Å²) in [5.41, 5.74) is 7.21. The SMILES string of the molecule is COC(=O)C1=C(C)N=c2s/c(=C\c3c(C)n(C)c4ccc(C)cc34)c(=O)n2[C@@H]1c1ccc(C(C)C)cc1. The van der Waals surface area contributed by atoms with Crippen molar-refractivity contribution in [2.24, 2.45) is 12.0 Å². The van der Waals surface area contributed by atoms with Crippen molar-refractivity contribution >= 4 is 34.3 Å². The minimum atomic E-state index is -0.608. The number of rotatable bonds is 4. The van der Waals surface area contributed by atoms with Crippen molar-refractivity contribution in [2.45, 2.75) is 46.6 Å². The van der Waals surface area contributed by atoms with Gasteiger partial charge in [0.1, 0.15) is 0 Å². The fraction of sp³-hybridized carbons (Fsp3) is 0.300. The molecule has 1 aliphatic rings. The number of carbonyl (C=O) groups is 1. The van der Waals surface area contributed by atoms with Crippen LogP contribution in [0.15, 0.2) is 63.5 Å². The number of benzene rings is 2. The van der Waals surface area contributed by atoms with Crippen LogP contribution in [0.25, 0.3) is 17.0 Å². The van der Waals surface area contributed by atoms with Gasteiger partial charge in [-0.05, 0) is 56.0 Å². The van der Waals surface area contributed by atoms with Crippen LogP contribution in [0.1, 0.15) is 60.7 Å². The molecule has 4 aromatic rings. The Morgan fingerprint density at radius 1 is 1.11 bits per heavy atom. The van der Waals surface area contributed by atoms with Crippen LogP contribution >= 0.6 is 11.3 Å². The van der Waals surface area contributed by atoms with Crippen LogP contribution in [0.3, 0.4) is 0 Å². The average Bonchev–Trinajstić information content (AvgIpc) is 3.30. The first-order valence-electron chi connectivity index (χ1n) is 12.4. The van der Waals surface area contributed by atoms with Gasteiger partial charge in [-0.1, -0.05) is 61.1 Å². The lowest BCUT2D eigenvalue weighted by Crippen LogP contribution is -2.39. The zero-order chi connectivity index (χ0) is 26.6. The Kier molecular flexibility index (Phi) is 6.28. The van der Waals surface area contributed by atoms with Crippen LogP contribution in [-0.2, 0) is 16.6 Å². The number of thiazole rings is 1. The predicted octanol–water partition coefficient (Wildman–Crippen LogP) is 4.64. The van der Waals surface area contributed by atoms with Crippen LogP contribution in [-0.4, -0.2) is 22.2 Å². The molecule has 0 fully saturated rings. The highest BCUT2D eigenvalue weighted by molar-refractivity contribution is 7.07. The number of fused-ring (bicyclic) bond motifs is 2. The number of esters is 1. The summed E-state index contributed by atoms with van der Waals surface area (Å²) in [7, 11) is 3.40. The van der Waals surface area contributed by atoms with E-state index in [0.717, 1.165) is 33.3 Å². The quantitative estimate of drug-likeness (QED) is 0.374. The Morgan fingerprint density at radius 2 is 1.81 bits per heavy atom. The molecule has 0 radical (unpaired) electrons. The van der Waals surface area contributed by atoms with Crippen LogP contribution in [0, 0.1) is 13.8 Å². The predicted molar refractivity (Wildman–Crippen MR) is 149 cm³/mol. The van der Waals surface area contributed by atoms with E-state index in [-0.39, 0.29) is 5.56 Å². The van der Waals surface area contributed by atoms with Crippen LogP contribution in [0.2, 0.25) is 0 Å². The van der Waals surface area contributed by atoms with Crippen molar-refractivity contribution in [3.63, 3.8) is 0 Å². The van der Waals surface area contributed by atoms with E-state index in [1.165, 1.54) is 24.0 Å². The van der Waals surface area contributed by atoms with E-state index in [9.17, 15) is 9.59 Å². The topological polar surface area (TPSA) is 65.6 Å². The summed E-state index contributed by atoms with van der Waals surface area (Å²) in [4.78, 5) is 32.1. The Bertz CT molecular complexity index is 1770. The molecule has 0 aliphatic carbocycles. The fourth-order valence-corrected chi connectivity index (χ4v) is 6.13. The number of hydrogen-bond donors (Lipinski definition) is 0. The lowest BCUT2D eigenvalue weighted by molar-refractivity contribution is -0.136. The van der Waals surface area contributed by atoms with E-state index < -0.39 is 12.0 Å². The largest absolute Gasteiger partial charge is 0.466 e. The van der Waals surface area contributed by atoms with Gasteiger partial charge in [-0.25, -0.2) is 9.79 Å². The number of nitrogens with zero attached hydrogens (tertiary/aromatic N) is 3. The van der Waals surface area contributed by atoms with Gasteiger partial charge in [-0.3, -0.25) is 9.36 Å². The molecule has 0 N–H and O–H groups in total. The second kappa shape index (κ2) is 9.30. The van der Waals surface area contributed by atoms with Gasteiger partial charge in [0, 0.05) is 29.2 Å². The Balaban J connectivity index is 1.77. The molecule has 0 saturated carbocycles. The third-order valence-corrected chi connectivity index (χ3v) is 8.30. The second-order valence-corrected chi connectivity index (χ2v) is 11.0. The lowest BCUT2D eigenvalue weighted by Gasteiger charge is -2.24. The molecule has 6 nitrogen and oxygen atoms in total. The summed E-state index contributed by atoms with van der Waals surface area (Å²) in [5.74, 6) is -0.102. The molecule has 0 bridgehead atoms. The summed E-state index contributed by atoms with van der Waals surface area (Å²) >= 11 is 1.35. The van der Waals surface area contributed by atoms with Crippen LogP contribution in [0.5, 0.6) is 0 Å². The van der Waals surface area contributed by atoms with E-state index in [0.29, 0.717) is 26.5 Å². The van der Waals surface area contributed by atoms with E-state index in [2.05, 4.69) is 67.6 Å². The maximum atomic E-state index is 14.0. The van der Waals surface area contributed by atoms with Gasteiger partial charge >= 0.3 is 5.97 Å². The van der Waals surface area contributed by atoms with E-state index in [4.69, 9.17) is 4.74 Å². The molecule has 190 valence electrons. The molecule has 0 unspecified atom stereocenters. The molecule has 3 heterocycles. The maximum Gasteiger partial charge on any atom is 0.338 e. The fourth-order valence-electron chi connectivity index (χ4n) is 5.10. The molecule has 0 saturated heterocycles. The van der Waals surface area contributed by atoms with Gasteiger partial charge in [0.15, 0.2) is 4.80 Å². The van der Waals surface area contributed by atoms with Crippen molar-refractivity contribution in [1.29, 1.82) is 0 Å². The molecule has 2 aromatic heterocycles. The Hall–Kier alpha value is -3.71. The number of methoxy groups -OCH3 is 1. The molecule has 1 atom stereocenters. The summed E-state index contributed by atoms with van der Waals surface area (Å²) in [6.07, 6.45) is 1.97. The summed E-state index contributed by atoms with van der Waals surface area (Å²) < 4.78 is 9.51. The molecule has 0 amide bonds. The zero-order valence-electron chi connectivity index (χ0n) is 22.2. The first-order valence-corrected chi connectivity index (χ1v) is 13.2. The first kappa shape index (κ1) is 25.0. The third kappa shape index (κ3) is 4.07. The number of aromatic nitrogens is 2. The molecular formula is C30H31N3O3S. The van der Waals surface area contributed by atoms with Crippen LogP contribution < -0.4 is 14.9 Å². The minimum absolute atomic E-state index is 0.167. The smallest absolute Gasteiger partial charge is 0.338 e. The van der Waals surface area contributed by atoms with Crippen molar-refractivity contribution < 1.29 is 9.53 Å². The second-order valence-electron chi connectivity index (χ2n) is 9.97. The molecule has 37 heavy (non-hydrogen) atoms. The van der Waals surface area contributed by atoms with Gasteiger partial charge in [-0.2, -0.15) is 0 Å². The number of carbonyl (C=O) groups excluding carboxylic acids is 1. The molecule has 7 heteroatoms. The zero-order valence-corrected chi connectivity index (χ0v) is 23.1. The molecular weight excluding hydrogens is 482 g/mol. The number of hydrogen-bond acceptors (Lipinski definition) is 5. The highest BCUT2D eigenvalue weighted by Gasteiger charge is 2.33. The Labute approximate surface area is 219 Å². The van der Waals surface area contributed by atoms with Crippen molar-refractivity contribution in [3.8, 4) is 0 Å². The normalized spacial score (nSPS) is 15.9. The summed E-state index contributed by atoms with van der Waals surface area (Å²) in [6, 6.07) is 13.9. The van der Waals surface area contributed by atoms with Gasteiger partial charge in [0.2, 0.25) is 0 Å². The van der Waals surface area contributed by atoms with E-state index in [1.807, 2.05) is 25.3 Å². The minimum Gasteiger partial charge on any atom is -0.466 e. The highest BCUT2D eigenvalue weighted by Crippen LogP contribution is 2.32. The average molecular weight is 514 g/mol. The monoisotopic (exact) mass is 513 g/mol. The van der Waals surface area contributed by atoms with E-state index in [1.54, 1.807) is 11.5 Å². The maximum absolute atomic E-state index is 14.0. The van der Waals surface area contributed by atoms with Crippen molar-refractivity contribution in [3.05, 3.63) is 101 Å². The molecule has 1 aliphatic heterocycles. The molecule has 5 rings (SSSR count).